The van der Waals surface area contributed by atoms with Crippen molar-refractivity contribution in [1.82, 2.24) is 4.90 Å². The molecule has 0 aliphatic carbocycles. The smallest absolute Gasteiger partial charge is 0.324 e. The van der Waals surface area contributed by atoms with Crippen molar-refractivity contribution in [3.8, 4) is 0 Å². The minimum Gasteiger partial charge on any atom is -0.480 e. The fourth-order valence-electron chi connectivity index (χ4n) is 2.57. The third kappa shape index (κ3) is 2.28. The lowest BCUT2D eigenvalue weighted by molar-refractivity contribution is -0.150. The number of hydrogen-bond acceptors (Lipinski definition) is 3. The summed E-state index contributed by atoms with van der Waals surface area (Å²) in [4.78, 5) is 14.9. The van der Waals surface area contributed by atoms with Crippen LogP contribution in [0.15, 0.2) is 15.9 Å². The summed E-state index contributed by atoms with van der Waals surface area (Å²) >= 11 is 5.18. The van der Waals surface area contributed by atoms with Crippen LogP contribution in [0.1, 0.15) is 31.1 Å². The number of nitrogens with zero attached hydrogens (tertiary/aromatic N) is 1. The molecule has 1 fully saturated rings. The maximum atomic E-state index is 11.5. The van der Waals surface area contributed by atoms with Crippen LogP contribution in [0, 0.1) is 0 Å². The lowest BCUT2D eigenvalue weighted by Crippen LogP contribution is -2.49. The van der Waals surface area contributed by atoms with Crippen molar-refractivity contribution >= 4 is 33.2 Å². The van der Waals surface area contributed by atoms with Gasteiger partial charge in [0.15, 0.2) is 0 Å². The second-order valence-electron chi connectivity index (χ2n) is 4.41. The molecule has 5 heteroatoms. The van der Waals surface area contributed by atoms with Gasteiger partial charge in [-0.15, -0.1) is 11.3 Å². The summed E-state index contributed by atoms with van der Waals surface area (Å²) in [6.45, 7) is 3.58. The monoisotopic (exact) mass is 317 g/mol. The van der Waals surface area contributed by atoms with Crippen molar-refractivity contribution in [3.63, 3.8) is 0 Å². The van der Waals surface area contributed by atoms with Crippen molar-refractivity contribution in [2.24, 2.45) is 0 Å². The third-order valence-electron chi connectivity index (χ3n) is 3.63. The minimum atomic E-state index is -0.676. The molecule has 0 saturated carbocycles. The van der Waals surface area contributed by atoms with Gasteiger partial charge in [-0.2, -0.15) is 0 Å². The van der Waals surface area contributed by atoms with E-state index < -0.39 is 11.5 Å². The molecule has 0 spiro atoms. The fraction of sp³-hybridized carbons (Fsp3) is 0.583. The van der Waals surface area contributed by atoms with E-state index in [1.54, 1.807) is 11.3 Å². The van der Waals surface area contributed by atoms with Crippen LogP contribution in [0.25, 0.3) is 0 Å². The maximum Gasteiger partial charge on any atom is 0.324 e. The zero-order valence-electron chi connectivity index (χ0n) is 9.78. The number of aliphatic carboxylic acids is 1. The van der Waals surface area contributed by atoms with E-state index in [-0.39, 0.29) is 0 Å². The zero-order chi connectivity index (χ0) is 12.5. The molecule has 2 heterocycles. The van der Waals surface area contributed by atoms with Gasteiger partial charge in [-0.25, -0.2) is 0 Å². The van der Waals surface area contributed by atoms with Crippen LogP contribution in [0.5, 0.6) is 0 Å². The van der Waals surface area contributed by atoms with Gasteiger partial charge in [0.1, 0.15) is 5.54 Å². The SMILES string of the molecule is CCC1(C(=O)O)CCCN1Cc1sccc1Br. The summed E-state index contributed by atoms with van der Waals surface area (Å²) in [5.74, 6) is -0.676. The van der Waals surface area contributed by atoms with Crippen LogP contribution in [-0.4, -0.2) is 28.1 Å². The van der Waals surface area contributed by atoms with Gasteiger partial charge in [0.05, 0.1) is 0 Å². The van der Waals surface area contributed by atoms with Gasteiger partial charge in [0.2, 0.25) is 0 Å². The van der Waals surface area contributed by atoms with Gasteiger partial charge in [-0.05, 0) is 53.2 Å². The number of likely N-dealkylation sites (tertiary alicyclic amines) is 1. The predicted octanol–water partition coefficient (Wildman–Crippen LogP) is 3.34. The molecular formula is C12H16BrNO2S. The van der Waals surface area contributed by atoms with Gasteiger partial charge in [-0.3, -0.25) is 9.69 Å². The van der Waals surface area contributed by atoms with Crippen LogP contribution in [0.3, 0.4) is 0 Å². The Morgan fingerprint density at radius 2 is 2.47 bits per heavy atom. The first-order chi connectivity index (χ1) is 8.10. The molecule has 0 radical (unpaired) electrons. The largest absolute Gasteiger partial charge is 0.480 e. The maximum absolute atomic E-state index is 11.5. The molecule has 3 nitrogen and oxygen atoms in total. The molecule has 1 N–H and O–H groups in total. The minimum absolute atomic E-state index is 0.649. The summed E-state index contributed by atoms with van der Waals surface area (Å²) in [6, 6.07) is 2.02. The Bertz CT molecular complexity index is 420. The average molecular weight is 318 g/mol. The predicted molar refractivity (Wildman–Crippen MR) is 72.3 cm³/mol. The van der Waals surface area contributed by atoms with E-state index >= 15 is 0 Å². The highest BCUT2D eigenvalue weighted by molar-refractivity contribution is 9.10. The number of halogens is 1. The molecule has 2 rings (SSSR count). The molecule has 1 unspecified atom stereocenters. The number of hydrogen-bond donors (Lipinski definition) is 1. The number of carboxylic acids is 1. The summed E-state index contributed by atoms with van der Waals surface area (Å²) in [7, 11) is 0. The number of carboxylic acid groups (broad SMARTS) is 1. The van der Waals surface area contributed by atoms with E-state index in [4.69, 9.17) is 0 Å². The third-order valence-corrected chi connectivity index (χ3v) is 5.54. The molecule has 1 aliphatic heterocycles. The van der Waals surface area contributed by atoms with Crippen LogP contribution < -0.4 is 0 Å². The Morgan fingerprint density at radius 1 is 1.71 bits per heavy atom. The number of rotatable bonds is 4. The lowest BCUT2D eigenvalue weighted by atomic mass is 9.93. The summed E-state index contributed by atoms with van der Waals surface area (Å²) in [5, 5.41) is 11.5. The Labute approximate surface area is 114 Å². The molecule has 1 aromatic heterocycles. The molecule has 1 aromatic rings. The summed E-state index contributed by atoms with van der Waals surface area (Å²) in [5.41, 5.74) is -0.649. The molecule has 0 bridgehead atoms. The van der Waals surface area contributed by atoms with Crippen molar-refractivity contribution in [1.29, 1.82) is 0 Å². The van der Waals surface area contributed by atoms with Gasteiger partial charge in [-0.1, -0.05) is 6.92 Å². The quantitative estimate of drug-likeness (QED) is 0.926. The molecule has 94 valence electrons. The van der Waals surface area contributed by atoms with E-state index in [0.717, 1.165) is 30.4 Å². The van der Waals surface area contributed by atoms with Gasteiger partial charge < -0.3 is 5.11 Å². The van der Waals surface area contributed by atoms with E-state index in [1.165, 1.54) is 4.88 Å². The number of carbonyl (C=O) groups is 1. The fourth-order valence-corrected chi connectivity index (χ4v) is 4.06. The van der Waals surface area contributed by atoms with Crippen molar-refractivity contribution < 1.29 is 9.90 Å². The molecular weight excluding hydrogens is 302 g/mol. The highest BCUT2D eigenvalue weighted by atomic mass is 79.9. The second-order valence-corrected chi connectivity index (χ2v) is 6.26. The second kappa shape index (κ2) is 5.08. The van der Waals surface area contributed by atoms with E-state index in [2.05, 4.69) is 20.8 Å². The lowest BCUT2D eigenvalue weighted by Gasteiger charge is -2.33. The van der Waals surface area contributed by atoms with Crippen molar-refractivity contribution in [2.75, 3.05) is 6.54 Å². The van der Waals surface area contributed by atoms with E-state index in [0.29, 0.717) is 6.42 Å². The van der Waals surface area contributed by atoms with Gasteiger partial charge in [0.25, 0.3) is 0 Å². The number of thiophene rings is 1. The Balaban J connectivity index is 2.20. The molecule has 1 aliphatic rings. The first kappa shape index (κ1) is 13.1. The van der Waals surface area contributed by atoms with Crippen LogP contribution in [0.2, 0.25) is 0 Å². The molecule has 1 saturated heterocycles. The van der Waals surface area contributed by atoms with Crippen molar-refractivity contribution in [2.45, 2.75) is 38.3 Å². The molecule has 0 amide bonds. The summed E-state index contributed by atoms with van der Waals surface area (Å²) < 4.78 is 1.09. The van der Waals surface area contributed by atoms with Crippen LogP contribution in [0.4, 0.5) is 0 Å². The highest BCUT2D eigenvalue weighted by Crippen LogP contribution is 2.36. The Hall–Kier alpha value is -0.390. The normalized spacial score (nSPS) is 25.3. The Kier molecular flexibility index (Phi) is 3.90. The molecule has 1 atom stereocenters. The zero-order valence-corrected chi connectivity index (χ0v) is 12.2. The topological polar surface area (TPSA) is 40.5 Å². The Morgan fingerprint density at radius 3 is 3.00 bits per heavy atom. The standard InChI is InChI=1S/C12H16BrNO2S/c1-2-12(11(15)16)5-3-6-14(12)8-10-9(13)4-7-17-10/h4,7H,2-3,5-6,8H2,1H3,(H,15,16). The average Bonchev–Trinajstić information content (AvgIpc) is 2.87. The van der Waals surface area contributed by atoms with Gasteiger partial charge in [0, 0.05) is 15.9 Å². The van der Waals surface area contributed by atoms with Crippen LogP contribution >= 0.6 is 27.3 Å². The molecule has 0 aromatic carbocycles. The van der Waals surface area contributed by atoms with Crippen LogP contribution in [-0.2, 0) is 11.3 Å². The van der Waals surface area contributed by atoms with Gasteiger partial charge >= 0.3 is 5.97 Å². The first-order valence-electron chi connectivity index (χ1n) is 5.80. The first-order valence-corrected chi connectivity index (χ1v) is 7.48. The molecule has 17 heavy (non-hydrogen) atoms. The van der Waals surface area contributed by atoms with E-state index in [9.17, 15) is 9.90 Å². The highest BCUT2D eigenvalue weighted by Gasteiger charge is 2.46. The summed E-state index contributed by atoms with van der Waals surface area (Å²) in [6.07, 6.45) is 2.41. The van der Waals surface area contributed by atoms with Crippen molar-refractivity contribution in [3.05, 3.63) is 20.8 Å². The van der Waals surface area contributed by atoms with E-state index in [1.807, 2.05) is 18.4 Å².